The third-order valence-corrected chi connectivity index (χ3v) is 3.13. The summed E-state index contributed by atoms with van der Waals surface area (Å²) in [5.74, 6) is -1.89. The highest BCUT2D eigenvalue weighted by atomic mass is 16.5. The Morgan fingerprint density at radius 2 is 2.06 bits per heavy atom. The van der Waals surface area contributed by atoms with Gasteiger partial charge in [-0.2, -0.15) is 0 Å². The molecule has 1 aliphatic rings. The second-order valence-electron chi connectivity index (χ2n) is 5.03. The van der Waals surface area contributed by atoms with E-state index in [0.29, 0.717) is 6.42 Å². The first kappa shape index (κ1) is 13.7. The summed E-state index contributed by atoms with van der Waals surface area (Å²) >= 11 is 0. The SMILES string of the molecule is CC1=CC(C(=O)O)C(C)CC1C(=O)OC(C)C. The van der Waals surface area contributed by atoms with Crippen LogP contribution in [0.4, 0.5) is 0 Å². The smallest absolute Gasteiger partial charge is 0.313 e. The molecule has 4 heteroatoms. The van der Waals surface area contributed by atoms with Gasteiger partial charge in [-0.05, 0) is 33.1 Å². The molecular weight excluding hydrogens is 220 g/mol. The molecule has 0 fully saturated rings. The Labute approximate surface area is 102 Å². The molecule has 17 heavy (non-hydrogen) atoms. The van der Waals surface area contributed by atoms with Gasteiger partial charge < -0.3 is 9.84 Å². The molecule has 4 nitrogen and oxygen atoms in total. The van der Waals surface area contributed by atoms with Crippen molar-refractivity contribution in [1.82, 2.24) is 0 Å². The number of carboxylic acid groups (broad SMARTS) is 1. The molecule has 96 valence electrons. The summed E-state index contributed by atoms with van der Waals surface area (Å²) in [5, 5.41) is 9.04. The fraction of sp³-hybridized carbons (Fsp3) is 0.692. The largest absolute Gasteiger partial charge is 0.481 e. The van der Waals surface area contributed by atoms with Crippen molar-refractivity contribution in [1.29, 1.82) is 0 Å². The Morgan fingerprint density at radius 3 is 2.53 bits per heavy atom. The van der Waals surface area contributed by atoms with Gasteiger partial charge in [-0.1, -0.05) is 18.6 Å². The lowest BCUT2D eigenvalue weighted by atomic mass is 9.76. The average molecular weight is 240 g/mol. The number of carbonyl (C=O) groups excluding carboxylic acids is 1. The molecule has 0 saturated heterocycles. The van der Waals surface area contributed by atoms with E-state index in [1.165, 1.54) is 0 Å². The Balaban J connectivity index is 2.82. The van der Waals surface area contributed by atoms with Crippen LogP contribution in [0.2, 0.25) is 0 Å². The van der Waals surface area contributed by atoms with Crippen LogP contribution in [-0.4, -0.2) is 23.1 Å². The molecule has 3 atom stereocenters. The average Bonchev–Trinajstić information content (AvgIpc) is 2.19. The first-order chi connectivity index (χ1) is 7.82. The van der Waals surface area contributed by atoms with Crippen molar-refractivity contribution < 1.29 is 19.4 Å². The second kappa shape index (κ2) is 5.34. The van der Waals surface area contributed by atoms with Crippen LogP contribution >= 0.6 is 0 Å². The minimum Gasteiger partial charge on any atom is -0.481 e. The predicted octanol–water partition coefficient (Wildman–Crippen LogP) is 2.24. The molecule has 0 amide bonds. The van der Waals surface area contributed by atoms with Crippen LogP contribution in [0.3, 0.4) is 0 Å². The van der Waals surface area contributed by atoms with Crippen LogP contribution in [0, 0.1) is 17.8 Å². The van der Waals surface area contributed by atoms with Crippen LogP contribution in [0.5, 0.6) is 0 Å². The van der Waals surface area contributed by atoms with Crippen LogP contribution in [-0.2, 0) is 14.3 Å². The predicted molar refractivity (Wildman–Crippen MR) is 63.4 cm³/mol. The lowest BCUT2D eigenvalue weighted by Crippen LogP contribution is -2.32. The van der Waals surface area contributed by atoms with Crippen LogP contribution < -0.4 is 0 Å². The Morgan fingerprint density at radius 1 is 1.47 bits per heavy atom. The summed E-state index contributed by atoms with van der Waals surface area (Å²) in [6.07, 6.45) is 2.09. The van der Waals surface area contributed by atoms with Crippen molar-refractivity contribution in [3.05, 3.63) is 11.6 Å². The highest BCUT2D eigenvalue weighted by Gasteiger charge is 2.35. The number of carboxylic acids is 1. The lowest BCUT2D eigenvalue weighted by Gasteiger charge is -2.29. The van der Waals surface area contributed by atoms with E-state index in [1.54, 1.807) is 13.0 Å². The van der Waals surface area contributed by atoms with Gasteiger partial charge in [-0.25, -0.2) is 0 Å². The van der Waals surface area contributed by atoms with E-state index in [2.05, 4.69) is 0 Å². The summed E-state index contributed by atoms with van der Waals surface area (Å²) < 4.78 is 5.18. The minimum absolute atomic E-state index is 0.0408. The highest BCUT2D eigenvalue weighted by molar-refractivity contribution is 5.78. The van der Waals surface area contributed by atoms with Crippen LogP contribution in [0.25, 0.3) is 0 Å². The lowest BCUT2D eigenvalue weighted by molar-refractivity contribution is -0.153. The summed E-state index contributed by atoms with van der Waals surface area (Å²) in [5.41, 5.74) is 0.807. The van der Waals surface area contributed by atoms with E-state index in [-0.39, 0.29) is 23.9 Å². The molecule has 3 unspecified atom stereocenters. The van der Waals surface area contributed by atoms with Crippen LogP contribution in [0.1, 0.15) is 34.1 Å². The Hall–Kier alpha value is -1.32. The maximum Gasteiger partial charge on any atom is 0.313 e. The van der Waals surface area contributed by atoms with E-state index in [4.69, 9.17) is 9.84 Å². The van der Waals surface area contributed by atoms with E-state index in [1.807, 2.05) is 20.8 Å². The van der Waals surface area contributed by atoms with E-state index < -0.39 is 11.9 Å². The summed E-state index contributed by atoms with van der Waals surface area (Å²) in [4.78, 5) is 22.8. The van der Waals surface area contributed by atoms with Crippen molar-refractivity contribution in [2.24, 2.45) is 17.8 Å². The van der Waals surface area contributed by atoms with Crippen molar-refractivity contribution >= 4 is 11.9 Å². The Bertz CT molecular complexity index is 343. The number of esters is 1. The van der Waals surface area contributed by atoms with Gasteiger partial charge in [0.1, 0.15) is 0 Å². The second-order valence-corrected chi connectivity index (χ2v) is 5.03. The topological polar surface area (TPSA) is 63.6 Å². The quantitative estimate of drug-likeness (QED) is 0.607. The molecular formula is C13H20O4. The van der Waals surface area contributed by atoms with Crippen LogP contribution in [0.15, 0.2) is 11.6 Å². The fourth-order valence-electron chi connectivity index (χ4n) is 2.18. The fourth-order valence-corrected chi connectivity index (χ4v) is 2.18. The first-order valence-electron chi connectivity index (χ1n) is 5.94. The monoisotopic (exact) mass is 240 g/mol. The molecule has 0 heterocycles. The Kier molecular flexibility index (Phi) is 4.32. The first-order valence-corrected chi connectivity index (χ1v) is 5.94. The van der Waals surface area contributed by atoms with Gasteiger partial charge in [0.05, 0.1) is 17.9 Å². The molecule has 1 rings (SSSR count). The van der Waals surface area contributed by atoms with Gasteiger partial charge in [0.2, 0.25) is 0 Å². The number of ether oxygens (including phenoxy) is 1. The maximum absolute atomic E-state index is 11.8. The van der Waals surface area contributed by atoms with E-state index in [9.17, 15) is 9.59 Å². The summed E-state index contributed by atoms with van der Waals surface area (Å²) in [6.45, 7) is 7.28. The molecule has 1 aliphatic carbocycles. The zero-order valence-corrected chi connectivity index (χ0v) is 10.8. The number of hydrogen-bond acceptors (Lipinski definition) is 3. The van der Waals surface area contributed by atoms with Crippen molar-refractivity contribution in [2.75, 3.05) is 0 Å². The van der Waals surface area contributed by atoms with Crippen molar-refractivity contribution in [3.63, 3.8) is 0 Å². The zero-order valence-electron chi connectivity index (χ0n) is 10.8. The normalized spacial score (nSPS) is 28.8. The molecule has 0 aromatic carbocycles. The molecule has 0 aromatic rings. The standard InChI is InChI=1S/C13H20O4/c1-7(2)17-13(16)11-6-8(3)10(12(14)15)5-9(11)4/h5,7-8,10-11H,6H2,1-4H3,(H,14,15). The molecule has 0 aromatic heterocycles. The van der Waals surface area contributed by atoms with Gasteiger partial charge in [-0.15, -0.1) is 0 Å². The number of rotatable bonds is 3. The van der Waals surface area contributed by atoms with Crippen molar-refractivity contribution in [2.45, 2.75) is 40.2 Å². The van der Waals surface area contributed by atoms with Gasteiger partial charge in [0.15, 0.2) is 0 Å². The van der Waals surface area contributed by atoms with Gasteiger partial charge in [-0.3, -0.25) is 9.59 Å². The summed E-state index contributed by atoms with van der Waals surface area (Å²) in [7, 11) is 0. The maximum atomic E-state index is 11.8. The number of aliphatic carboxylic acids is 1. The highest BCUT2D eigenvalue weighted by Crippen LogP contribution is 2.34. The molecule has 0 saturated carbocycles. The van der Waals surface area contributed by atoms with E-state index >= 15 is 0 Å². The summed E-state index contributed by atoms with van der Waals surface area (Å²) in [6, 6.07) is 0. The number of carbonyl (C=O) groups is 2. The zero-order chi connectivity index (χ0) is 13.2. The minimum atomic E-state index is -0.826. The molecule has 0 aliphatic heterocycles. The van der Waals surface area contributed by atoms with Gasteiger partial charge in [0, 0.05) is 0 Å². The molecule has 0 radical (unpaired) electrons. The van der Waals surface area contributed by atoms with Crippen molar-refractivity contribution in [3.8, 4) is 0 Å². The van der Waals surface area contributed by atoms with Gasteiger partial charge in [0.25, 0.3) is 0 Å². The van der Waals surface area contributed by atoms with E-state index in [0.717, 1.165) is 5.57 Å². The molecule has 1 N–H and O–H groups in total. The third-order valence-electron chi connectivity index (χ3n) is 3.13. The molecule has 0 bridgehead atoms. The third kappa shape index (κ3) is 3.32. The van der Waals surface area contributed by atoms with Gasteiger partial charge >= 0.3 is 11.9 Å². The number of hydrogen-bond donors (Lipinski definition) is 1. The molecule has 0 spiro atoms.